The van der Waals surface area contributed by atoms with Crippen LogP contribution in [0.2, 0.25) is 0 Å². The Hall–Kier alpha value is -2.05. The summed E-state index contributed by atoms with van der Waals surface area (Å²) in [7, 11) is -3.34. The van der Waals surface area contributed by atoms with E-state index in [2.05, 4.69) is 0 Å². The highest BCUT2D eigenvalue weighted by molar-refractivity contribution is 7.89. The Morgan fingerprint density at radius 3 is 2.55 bits per heavy atom. The van der Waals surface area contributed by atoms with Crippen molar-refractivity contribution in [2.45, 2.75) is 11.3 Å². The lowest BCUT2D eigenvalue weighted by molar-refractivity contribution is 0.0696. The first-order chi connectivity index (χ1) is 9.21. The number of halogens is 2. The van der Waals surface area contributed by atoms with Crippen LogP contribution >= 0.6 is 0 Å². The fraction of sp³-hybridized carbons (Fsp3) is 0.273. The number of nitrogens with zero attached hydrogens (tertiary/aromatic N) is 2. The molecule has 0 radical (unpaired) electrons. The highest BCUT2D eigenvalue weighted by Gasteiger charge is 2.28. The molecule has 9 heteroatoms. The first-order valence-corrected chi connectivity index (χ1v) is 6.71. The van der Waals surface area contributed by atoms with Crippen LogP contribution in [0.1, 0.15) is 16.8 Å². The molecule has 0 saturated heterocycles. The number of aromatic carboxylic acids is 1. The quantitative estimate of drug-likeness (QED) is 0.881. The minimum Gasteiger partial charge on any atom is -0.478 e. The maximum atomic E-state index is 13.6. The molecule has 0 saturated carbocycles. The highest BCUT2D eigenvalue weighted by Crippen LogP contribution is 2.22. The fourth-order valence-electron chi connectivity index (χ4n) is 1.37. The molecule has 108 valence electrons. The third-order valence-electron chi connectivity index (χ3n) is 2.47. The van der Waals surface area contributed by atoms with E-state index in [1.807, 2.05) is 0 Å². The van der Waals surface area contributed by atoms with Crippen LogP contribution in [0.3, 0.4) is 0 Å². The standard InChI is InChI=1S/C11H10F2N2O4S/c1-15(4-2-3-14)20(18,19)9-6-7(11(16)17)5-8(12)10(9)13/h5-6H,2,4H2,1H3,(H,16,17). The van der Waals surface area contributed by atoms with Crippen LogP contribution in [-0.4, -0.2) is 37.4 Å². The Morgan fingerprint density at radius 1 is 1.45 bits per heavy atom. The number of benzene rings is 1. The summed E-state index contributed by atoms with van der Waals surface area (Å²) in [5.41, 5.74) is -0.684. The van der Waals surface area contributed by atoms with Crippen LogP contribution in [0.15, 0.2) is 17.0 Å². The van der Waals surface area contributed by atoms with Gasteiger partial charge in [0.1, 0.15) is 4.90 Å². The van der Waals surface area contributed by atoms with Gasteiger partial charge in [-0.1, -0.05) is 0 Å². The van der Waals surface area contributed by atoms with Crippen LogP contribution in [-0.2, 0) is 10.0 Å². The third kappa shape index (κ3) is 3.09. The number of nitriles is 1. The lowest BCUT2D eigenvalue weighted by Crippen LogP contribution is -2.29. The molecule has 0 fully saturated rings. The number of carboxylic acid groups (broad SMARTS) is 1. The summed E-state index contributed by atoms with van der Waals surface area (Å²) < 4.78 is 51.5. The van der Waals surface area contributed by atoms with Gasteiger partial charge < -0.3 is 5.11 Å². The van der Waals surface area contributed by atoms with E-state index < -0.39 is 38.1 Å². The average Bonchev–Trinajstić information content (AvgIpc) is 2.38. The normalized spacial score (nSPS) is 11.3. The number of rotatable bonds is 5. The van der Waals surface area contributed by atoms with Crippen LogP contribution in [0.25, 0.3) is 0 Å². The van der Waals surface area contributed by atoms with Crippen LogP contribution in [0.4, 0.5) is 8.78 Å². The molecule has 0 atom stereocenters. The van der Waals surface area contributed by atoms with E-state index >= 15 is 0 Å². The van der Waals surface area contributed by atoms with Gasteiger partial charge >= 0.3 is 5.97 Å². The van der Waals surface area contributed by atoms with Crippen LogP contribution in [0, 0.1) is 23.0 Å². The van der Waals surface area contributed by atoms with Gasteiger partial charge in [0.05, 0.1) is 11.6 Å². The second kappa shape index (κ2) is 5.94. The Kier molecular flexibility index (Phi) is 4.75. The van der Waals surface area contributed by atoms with E-state index in [-0.39, 0.29) is 13.0 Å². The van der Waals surface area contributed by atoms with E-state index in [1.165, 1.54) is 0 Å². The summed E-state index contributed by atoms with van der Waals surface area (Å²) in [4.78, 5) is 9.67. The lowest BCUT2D eigenvalue weighted by atomic mass is 10.2. The van der Waals surface area contributed by atoms with Gasteiger partial charge in [-0.05, 0) is 12.1 Å². The Bertz CT molecular complexity index is 682. The van der Waals surface area contributed by atoms with Crippen molar-refractivity contribution in [3.05, 3.63) is 29.3 Å². The number of sulfonamides is 1. The van der Waals surface area contributed by atoms with Crippen molar-refractivity contribution in [1.82, 2.24) is 4.31 Å². The molecule has 20 heavy (non-hydrogen) atoms. The summed E-state index contributed by atoms with van der Waals surface area (Å²) in [5.74, 6) is -4.81. The van der Waals surface area contributed by atoms with Crippen molar-refractivity contribution in [3.63, 3.8) is 0 Å². The zero-order valence-electron chi connectivity index (χ0n) is 10.3. The van der Waals surface area contributed by atoms with E-state index in [9.17, 15) is 22.0 Å². The van der Waals surface area contributed by atoms with E-state index in [0.717, 1.165) is 7.05 Å². The van der Waals surface area contributed by atoms with E-state index in [4.69, 9.17) is 10.4 Å². The van der Waals surface area contributed by atoms with Crippen LogP contribution < -0.4 is 0 Å². The molecule has 0 heterocycles. The van der Waals surface area contributed by atoms with Crippen LogP contribution in [0.5, 0.6) is 0 Å². The van der Waals surface area contributed by atoms with Crippen molar-refractivity contribution in [2.75, 3.05) is 13.6 Å². The smallest absolute Gasteiger partial charge is 0.335 e. The second-order valence-electron chi connectivity index (χ2n) is 3.81. The zero-order chi connectivity index (χ0) is 15.5. The molecule has 1 aromatic carbocycles. The molecule has 1 rings (SSSR count). The number of hydrogen-bond donors (Lipinski definition) is 1. The topological polar surface area (TPSA) is 98.5 Å². The average molecular weight is 304 g/mol. The van der Waals surface area contributed by atoms with Crippen molar-refractivity contribution < 1.29 is 27.1 Å². The van der Waals surface area contributed by atoms with Gasteiger partial charge in [0.2, 0.25) is 10.0 Å². The largest absolute Gasteiger partial charge is 0.478 e. The monoisotopic (exact) mass is 304 g/mol. The minimum absolute atomic E-state index is 0.140. The number of carboxylic acids is 1. The lowest BCUT2D eigenvalue weighted by Gasteiger charge is -2.16. The molecule has 1 aromatic rings. The van der Waals surface area contributed by atoms with Crippen molar-refractivity contribution in [1.29, 1.82) is 5.26 Å². The maximum absolute atomic E-state index is 13.6. The molecule has 0 aliphatic heterocycles. The van der Waals surface area contributed by atoms with Crippen molar-refractivity contribution >= 4 is 16.0 Å². The van der Waals surface area contributed by atoms with Gasteiger partial charge in [0.15, 0.2) is 11.6 Å². The van der Waals surface area contributed by atoms with Gasteiger partial charge in [-0.25, -0.2) is 22.0 Å². The molecule has 0 aliphatic rings. The van der Waals surface area contributed by atoms with Gasteiger partial charge in [-0.3, -0.25) is 0 Å². The molecular weight excluding hydrogens is 294 g/mol. The predicted molar refractivity (Wildman–Crippen MR) is 63.4 cm³/mol. The summed E-state index contributed by atoms with van der Waals surface area (Å²) in [6.45, 7) is -0.225. The van der Waals surface area contributed by atoms with Crippen molar-refractivity contribution in [2.24, 2.45) is 0 Å². The summed E-state index contributed by atoms with van der Waals surface area (Å²) in [6.07, 6.45) is -0.140. The maximum Gasteiger partial charge on any atom is 0.335 e. The van der Waals surface area contributed by atoms with Crippen molar-refractivity contribution in [3.8, 4) is 6.07 Å². The second-order valence-corrected chi connectivity index (χ2v) is 5.82. The molecular formula is C11H10F2N2O4S. The molecule has 0 aliphatic carbocycles. The zero-order valence-corrected chi connectivity index (χ0v) is 11.1. The Morgan fingerprint density at radius 2 is 2.05 bits per heavy atom. The molecule has 0 spiro atoms. The number of hydrogen-bond acceptors (Lipinski definition) is 4. The molecule has 0 unspecified atom stereocenters. The first kappa shape index (κ1) is 16.0. The predicted octanol–water partition coefficient (Wildman–Crippen LogP) is 1.20. The molecule has 6 nitrogen and oxygen atoms in total. The van der Waals surface area contributed by atoms with Gasteiger partial charge in [-0.15, -0.1) is 0 Å². The molecule has 0 aromatic heterocycles. The third-order valence-corrected chi connectivity index (χ3v) is 4.32. The summed E-state index contributed by atoms with van der Waals surface area (Å²) in [5, 5.41) is 17.1. The fourth-order valence-corrected chi connectivity index (χ4v) is 2.64. The van der Waals surface area contributed by atoms with E-state index in [0.29, 0.717) is 16.4 Å². The number of carbonyl (C=O) groups is 1. The molecule has 1 N–H and O–H groups in total. The highest BCUT2D eigenvalue weighted by atomic mass is 32.2. The molecule has 0 bridgehead atoms. The first-order valence-electron chi connectivity index (χ1n) is 5.27. The summed E-state index contributed by atoms with van der Waals surface area (Å²) in [6, 6.07) is 2.65. The Labute approximate surface area is 113 Å². The minimum atomic E-state index is -4.42. The molecule has 0 amide bonds. The van der Waals surface area contributed by atoms with Gasteiger partial charge in [0, 0.05) is 20.0 Å². The van der Waals surface area contributed by atoms with E-state index in [1.54, 1.807) is 6.07 Å². The Balaban J connectivity index is 3.38. The van der Waals surface area contributed by atoms with Gasteiger partial charge in [-0.2, -0.15) is 9.57 Å². The SMILES string of the molecule is CN(CCC#N)S(=O)(=O)c1cc(C(=O)O)cc(F)c1F. The summed E-state index contributed by atoms with van der Waals surface area (Å²) >= 11 is 0. The van der Waals surface area contributed by atoms with Gasteiger partial charge in [0.25, 0.3) is 0 Å².